The van der Waals surface area contributed by atoms with Crippen LogP contribution in [0.25, 0.3) is 0 Å². The van der Waals surface area contributed by atoms with Gasteiger partial charge < -0.3 is 5.32 Å². The zero-order chi connectivity index (χ0) is 16.9. The number of halogens is 2. The Hall–Kier alpha value is -0.820. The van der Waals surface area contributed by atoms with E-state index in [1.54, 1.807) is 12.1 Å². The molecular formula is C14H20Cl2N2O3S. The third kappa shape index (κ3) is 5.43. The van der Waals surface area contributed by atoms with E-state index in [1.807, 2.05) is 13.8 Å². The Balaban J connectivity index is 2.65. The fraction of sp³-hybridized carbons (Fsp3) is 0.500. The highest BCUT2D eigenvalue weighted by molar-refractivity contribution is 7.88. The molecule has 0 aromatic heterocycles. The molecule has 0 saturated carbocycles. The SMILES string of the molecule is CCC(C)N(CCNC(=O)c1ccc(Cl)c(Cl)c1)S(C)(=O)=O. The molecule has 124 valence electrons. The molecule has 1 aromatic rings. The first-order valence-corrected chi connectivity index (χ1v) is 9.47. The van der Waals surface area contributed by atoms with Crippen LogP contribution in [-0.4, -0.2) is 44.0 Å². The summed E-state index contributed by atoms with van der Waals surface area (Å²) in [5.41, 5.74) is 0.379. The Labute approximate surface area is 141 Å². The van der Waals surface area contributed by atoms with E-state index in [9.17, 15) is 13.2 Å². The molecule has 0 saturated heterocycles. The van der Waals surface area contributed by atoms with E-state index in [0.29, 0.717) is 22.0 Å². The van der Waals surface area contributed by atoms with Gasteiger partial charge in [-0.1, -0.05) is 30.1 Å². The van der Waals surface area contributed by atoms with Crippen molar-refractivity contribution < 1.29 is 13.2 Å². The summed E-state index contributed by atoms with van der Waals surface area (Å²) in [5, 5.41) is 3.35. The van der Waals surface area contributed by atoms with Crippen molar-refractivity contribution in [3.63, 3.8) is 0 Å². The van der Waals surface area contributed by atoms with E-state index in [4.69, 9.17) is 23.2 Å². The summed E-state index contributed by atoms with van der Waals surface area (Å²) >= 11 is 11.7. The van der Waals surface area contributed by atoms with Crippen molar-refractivity contribution in [2.75, 3.05) is 19.3 Å². The number of benzene rings is 1. The highest BCUT2D eigenvalue weighted by atomic mass is 35.5. The van der Waals surface area contributed by atoms with Crippen molar-refractivity contribution >= 4 is 39.1 Å². The Morgan fingerprint density at radius 3 is 2.45 bits per heavy atom. The minimum Gasteiger partial charge on any atom is -0.351 e. The van der Waals surface area contributed by atoms with Crippen LogP contribution in [0.3, 0.4) is 0 Å². The van der Waals surface area contributed by atoms with Gasteiger partial charge in [0.05, 0.1) is 16.3 Å². The lowest BCUT2D eigenvalue weighted by Gasteiger charge is -2.25. The molecule has 1 amide bonds. The van der Waals surface area contributed by atoms with Gasteiger partial charge in [0, 0.05) is 24.7 Å². The van der Waals surface area contributed by atoms with Crippen LogP contribution in [0.1, 0.15) is 30.6 Å². The van der Waals surface area contributed by atoms with Crippen LogP contribution in [0.4, 0.5) is 0 Å². The van der Waals surface area contributed by atoms with Gasteiger partial charge in [-0.3, -0.25) is 4.79 Å². The van der Waals surface area contributed by atoms with Crippen LogP contribution in [0.2, 0.25) is 10.0 Å². The number of carbonyl (C=O) groups excluding carboxylic acids is 1. The van der Waals surface area contributed by atoms with Crippen molar-refractivity contribution in [2.24, 2.45) is 0 Å². The van der Waals surface area contributed by atoms with Gasteiger partial charge in [-0.2, -0.15) is 4.31 Å². The Bertz CT molecular complexity index is 635. The molecular weight excluding hydrogens is 347 g/mol. The van der Waals surface area contributed by atoms with E-state index in [2.05, 4.69) is 5.32 Å². The molecule has 1 N–H and O–H groups in total. The third-order valence-corrected chi connectivity index (χ3v) is 5.44. The van der Waals surface area contributed by atoms with Gasteiger partial charge in [-0.25, -0.2) is 8.42 Å². The smallest absolute Gasteiger partial charge is 0.251 e. The summed E-state index contributed by atoms with van der Waals surface area (Å²) in [6.07, 6.45) is 1.87. The van der Waals surface area contributed by atoms with Gasteiger partial charge in [-0.05, 0) is 31.5 Å². The standard InChI is InChI=1S/C14H20Cl2N2O3S/c1-4-10(2)18(22(3,20)21)8-7-17-14(19)11-5-6-12(15)13(16)9-11/h5-6,9-10H,4,7-8H2,1-3H3,(H,17,19). The minimum absolute atomic E-state index is 0.114. The van der Waals surface area contributed by atoms with Crippen molar-refractivity contribution in [3.8, 4) is 0 Å². The topological polar surface area (TPSA) is 66.5 Å². The van der Waals surface area contributed by atoms with Crippen LogP contribution in [-0.2, 0) is 10.0 Å². The number of hydrogen-bond acceptors (Lipinski definition) is 3. The average molecular weight is 367 g/mol. The Morgan fingerprint density at radius 1 is 1.32 bits per heavy atom. The van der Waals surface area contributed by atoms with E-state index >= 15 is 0 Å². The molecule has 0 radical (unpaired) electrons. The fourth-order valence-electron chi connectivity index (χ4n) is 1.94. The van der Waals surface area contributed by atoms with Gasteiger partial charge in [0.15, 0.2) is 0 Å². The average Bonchev–Trinajstić information content (AvgIpc) is 2.44. The van der Waals surface area contributed by atoms with Gasteiger partial charge in [0.25, 0.3) is 5.91 Å². The molecule has 1 rings (SSSR count). The van der Waals surface area contributed by atoms with Crippen LogP contribution >= 0.6 is 23.2 Å². The molecule has 8 heteroatoms. The number of amides is 1. The summed E-state index contributed by atoms with van der Waals surface area (Å²) in [6.45, 7) is 4.19. The molecule has 5 nitrogen and oxygen atoms in total. The highest BCUT2D eigenvalue weighted by Crippen LogP contribution is 2.22. The second-order valence-electron chi connectivity index (χ2n) is 5.02. The number of nitrogens with zero attached hydrogens (tertiary/aromatic N) is 1. The molecule has 0 aliphatic rings. The zero-order valence-electron chi connectivity index (χ0n) is 12.8. The van der Waals surface area contributed by atoms with Crippen LogP contribution in [0.5, 0.6) is 0 Å². The molecule has 1 unspecified atom stereocenters. The van der Waals surface area contributed by atoms with Crippen LogP contribution in [0, 0.1) is 0 Å². The maximum atomic E-state index is 12.0. The summed E-state index contributed by atoms with van der Waals surface area (Å²) in [4.78, 5) is 12.0. The third-order valence-electron chi connectivity index (χ3n) is 3.31. The van der Waals surface area contributed by atoms with E-state index in [0.717, 1.165) is 0 Å². The number of sulfonamides is 1. The molecule has 0 fully saturated rings. The number of hydrogen-bond donors (Lipinski definition) is 1. The summed E-state index contributed by atoms with van der Waals surface area (Å²) in [6, 6.07) is 4.46. The van der Waals surface area contributed by atoms with Gasteiger partial charge in [0.1, 0.15) is 0 Å². The molecule has 22 heavy (non-hydrogen) atoms. The first-order chi connectivity index (χ1) is 10.2. The Morgan fingerprint density at radius 2 is 1.95 bits per heavy atom. The minimum atomic E-state index is -3.31. The largest absolute Gasteiger partial charge is 0.351 e. The number of nitrogens with one attached hydrogen (secondary N) is 1. The summed E-state index contributed by atoms with van der Waals surface area (Å²) in [5.74, 6) is -0.323. The van der Waals surface area contributed by atoms with Gasteiger partial charge in [0.2, 0.25) is 10.0 Å². The van der Waals surface area contributed by atoms with Crippen molar-refractivity contribution in [3.05, 3.63) is 33.8 Å². The fourth-order valence-corrected chi connectivity index (χ4v) is 3.46. The van der Waals surface area contributed by atoms with Gasteiger partial charge in [-0.15, -0.1) is 0 Å². The normalized spacial score (nSPS) is 13.2. The van der Waals surface area contributed by atoms with E-state index in [-0.39, 0.29) is 25.0 Å². The molecule has 0 heterocycles. The first-order valence-electron chi connectivity index (χ1n) is 6.86. The van der Waals surface area contributed by atoms with Crippen molar-refractivity contribution in [1.82, 2.24) is 9.62 Å². The predicted molar refractivity (Wildman–Crippen MR) is 90.1 cm³/mol. The Kier molecular flexibility index (Phi) is 7.12. The monoisotopic (exact) mass is 366 g/mol. The first kappa shape index (κ1) is 19.2. The van der Waals surface area contributed by atoms with E-state index < -0.39 is 10.0 Å². The van der Waals surface area contributed by atoms with E-state index in [1.165, 1.54) is 16.6 Å². The lowest BCUT2D eigenvalue weighted by molar-refractivity contribution is 0.0950. The second kappa shape index (κ2) is 8.15. The second-order valence-corrected chi connectivity index (χ2v) is 7.77. The molecule has 1 atom stereocenters. The number of rotatable bonds is 7. The van der Waals surface area contributed by atoms with Gasteiger partial charge >= 0.3 is 0 Å². The number of carbonyl (C=O) groups is 1. The molecule has 0 spiro atoms. The molecule has 0 aliphatic carbocycles. The van der Waals surface area contributed by atoms with Crippen LogP contribution < -0.4 is 5.32 Å². The maximum Gasteiger partial charge on any atom is 0.251 e. The van der Waals surface area contributed by atoms with Crippen LogP contribution in [0.15, 0.2) is 18.2 Å². The summed E-state index contributed by atoms with van der Waals surface area (Å²) in [7, 11) is -3.31. The van der Waals surface area contributed by atoms with Crippen molar-refractivity contribution in [1.29, 1.82) is 0 Å². The van der Waals surface area contributed by atoms with Crippen molar-refractivity contribution in [2.45, 2.75) is 26.3 Å². The lowest BCUT2D eigenvalue weighted by Crippen LogP contribution is -2.42. The lowest BCUT2D eigenvalue weighted by atomic mass is 10.2. The maximum absolute atomic E-state index is 12.0. The molecule has 0 bridgehead atoms. The molecule has 0 aliphatic heterocycles. The molecule has 1 aromatic carbocycles. The quantitative estimate of drug-likeness (QED) is 0.806. The predicted octanol–water partition coefficient (Wildman–Crippen LogP) is 2.78. The summed E-state index contributed by atoms with van der Waals surface area (Å²) < 4.78 is 24.9. The zero-order valence-corrected chi connectivity index (χ0v) is 15.1. The highest BCUT2D eigenvalue weighted by Gasteiger charge is 2.21.